The van der Waals surface area contributed by atoms with Crippen molar-refractivity contribution in [2.45, 2.75) is 165 Å². The van der Waals surface area contributed by atoms with Crippen molar-refractivity contribution in [3.63, 3.8) is 0 Å². The predicted octanol–water partition coefficient (Wildman–Crippen LogP) is 9.12. The molecule has 3 heterocycles. The molecule has 2 aliphatic heterocycles. The second kappa shape index (κ2) is 26.4. The minimum Gasteiger partial charge on any atom is -0.393 e. The smallest absolute Gasteiger partial charge is 0.246 e. The first-order valence-corrected chi connectivity index (χ1v) is 32.2. The maximum absolute atomic E-state index is 16.7. The van der Waals surface area contributed by atoms with Crippen LogP contribution in [0, 0.1) is 35.4 Å². The molecule has 2 bridgehead atoms. The molecule has 7 aliphatic rings. The molecular weight excluding hydrogens is 1160 g/mol. The Kier molecular flexibility index (Phi) is 19.5. The number of aliphatic hydroxyl groups excluding tert-OH is 1. The Morgan fingerprint density at radius 2 is 1.52 bits per heavy atom. The van der Waals surface area contributed by atoms with Crippen LogP contribution in [0.3, 0.4) is 0 Å². The van der Waals surface area contributed by atoms with Crippen molar-refractivity contribution in [3.8, 4) is 10.4 Å². The minimum absolute atomic E-state index is 0.0333. The average molecular weight is 1240 g/mol. The van der Waals surface area contributed by atoms with Gasteiger partial charge in [-0.1, -0.05) is 113 Å². The monoisotopic (exact) mass is 1240 g/mol. The Labute approximate surface area is 517 Å². The summed E-state index contributed by atoms with van der Waals surface area (Å²) in [6, 6.07) is 16.3. The quantitative estimate of drug-likeness (QED) is 0.0383. The summed E-state index contributed by atoms with van der Waals surface area (Å²) in [4.78, 5) is 92.8. The van der Waals surface area contributed by atoms with Crippen molar-refractivity contribution < 1.29 is 52.5 Å². The summed E-state index contributed by atoms with van der Waals surface area (Å²) in [6.45, 7) is 11.3. The van der Waals surface area contributed by atoms with Gasteiger partial charge in [-0.3, -0.25) is 33.7 Å². The van der Waals surface area contributed by atoms with E-state index in [1.807, 2.05) is 70.5 Å². The summed E-state index contributed by atoms with van der Waals surface area (Å²) >= 11 is 14.6. The molecule has 7 atom stereocenters. The van der Waals surface area contributed by atoms with Crippen molar-refractivity contribution in [2.75, 3.05) is 58.0 Å². The number of hydrogen-bond acceptors (Lipinski definition) is 13. The van der Waals surface area contributed by atoms with E-state index in [1.165, 1.54) is 6.07 Å². The molecule has 21 heteroatoms. The van der Waals surface area contributed by atoms with Gasteiger partial charge in [-0.2, -0.15) is 0 Å². The number of benzene rings is 3. The van der Waals surface area contributed by atoms with E-state index in [-0.39, 0.29) is 99.0 Å². The number of likely N-dealkylation sites (N-methyl/N-ethyl adjacent to an activating group) is 1. The number of carbonyl (C=O) groups excluding carboxylic acids is 6. The largest absolute Gasteiger partial charge is 0.393 e. The number of nitrogens with one attached hydrogen (secondary N) is 5. The van der Waals surface area contributed by atoms with E-state index in [0.717, 1.165) is 46.5 Å². The highest BCUT2D eigenvalue weighted by Crippen LogP contribution is 2.67. The zero-order valence-electron chi connectivity index (χ0n) is 49.9. The lowest BCUT2D eigenvalue weighted by Gasteiger charge is -2.53. The van der Waals surface area contributed by atoms with Crippen molar-refractivity contribution >= 4 is 75.5 Å². The number of aryl methyl sites for hydroxylation is 1. The van der Waals surface area contributed by atoms with Gasteiger partial charge in [-0.15, -0.1) is 11.3 Å². The highest BCUT2D eigenvalue weighted by Gasteiger charge is 2.75. The van der Waals surface area contributed by atoms with Crippen LogP contribution in [0.1, 0.15) is 139 Å². The van der Waals surface area contributed by atoms with Crippen LogP contribution < -0.4 is 26.6 Å². The second-order valence-corrected chi connectivity index (χ2v) is 27.5. The number of fused-ring (bicyclic) bond motifs is 6. The van der Waals surface area contributed by atoms with E-state index in [4.69, 9.17) is 37.4 Å². The van der Waals surface area contributed by atoms with E-state index in [1.54, 1.807) is 35.6 Å². The number of likely N-dealkylation sites (tertiary alicyclic amines) is 1. The molecule has 1 saturated heterocycles. The number of ketones is 1. The standard InChI is InChI=1S/C65H82Cl2FN7O10S/c1-6-75-53(51(44-11-10-12-48(67)52(44)68)65(64(75)19-8-7-9-20-64)47-18-17-42(66)33-49(47)72-60(65)82)58(80)74-63-24-21-62(22-25-63,23-26-63)59(81)69-27-28-83-29-30-84-31-32-85-37-50(77)73-56(61(3,4)5)54(78)45-34-43(76)35-46(45)57(79)70-36-40-13-15-41(16-14-40)55-39(2)71-38-86-55/h10-18,33,38,43,45-46,51,53,56,76H,6-9,19-32,34-37H2,1-5H3,(H,69,81)(H,70,79)(H,72,82)(H,73,77)(H,74,80)/t43-,45?,46+,51-,53+,56+,62?,63?,65+/m0/s1. The zero-order valence-corrected chi connectivity index (χ0v) is 52.3. The van der Waals surface area contributed by atoms with Crippen LogP contribution in [-0.4, -0.2) is 132 Å². The van der Waals surface area contributed by atoms with Gasteiger partial charge < -0.3 is 45.9 Å². The van der Waals surface area contributed by atoms with Gasteiger partial charge in [-0.05, 0) is 124 Å². The van der Waals surface area contributed by atoms with Crippen LogP contribution in [0.25, 0.3) is 10.4 Å². The highest BCUT2D eigenvalue weighted by molar-refractivity contribution is 7.13. The van der Waals surface area contributed by atoms with Crippen LogP contribution in [0.15, 0.2) is 66.2 Å². The van der Waals surface area contributed by atoms with E-state index < -0.39 is 75.0 Å². The number of anilines is 1. The van der Waals surface area contributed by atoms with Gasteiger partial charge in [0.05, 0.1) is 78.2 Å². The molecule has 1 aromatic heterocycles. The third-order valence-corrected chi connectivity index (χ3v) is 21.3. The van der Waals surface area contributed by atoms with Gasteiger partial charge in [0, 0.05) is 52.1 Å². The van der Waals surface area contributed by atoms with Crippen LogP contribution in [0.2, 0.25) is 10.0 Å². The number of Topliss-reactive ketones (excluding diaryl/α,β-unsaturated/α-hetero) is 1. The third-order valence-electron chi connectivity index (χ3n) is 19.8. The average Bonchev–Trinajstić information content (AvgIpc) is 1.49. The van der Waals surface area contributed by atoms with E-state index in [9.17, 15) is 24.3 Å². The Balaban J connectivity index is 0.648. The van der Waals surface area contributed by atoms with Gasteiger partial charge in [0.25, 0.3) is 0 Å². The molecule has 4 aromatic rings. The van der Waals surface area contributed by atoms with Crippen LogP contribution >= 0.6 is 34.5 Å². The molecule has 2 spiro atoms. The molecule has 17 nitrogen and oxygen atoms in total. The highest BCUT2D eigenvalue weighted by atomic mass is 35.5. The molecule has 1 unspecified atom stereocenters. The lowest BCUT2D eigenvalue weighted by Crippen LogP contribution is -2.63. The number of amides is 5. The van der Waals surface area contributed by atoms with Crippen LogP contribution in [0.4, 0.5) is 10.1 Å². The SMILES string of the molecule is CCN1[C@@H](C(=O)NC23CCC(C(=O)NCCOCCOCCOCC(=O)N[C@H](C(=O)C4C[C@H](O)C[C@H]4C(=O)NCc4ccc(-c5scnc5C)cc4)C(C)(C)C)(CC2)CC3)[C@H](c2cccc(Cl)c2F)[C@]2(C(=O)Nc3cc(Cl)ccc32)C12CCCCC2. The number of ether oxygens (including phenoxy) is 3. The summed E-state index contributed by atoms with van der Waals surface area (Å²) in [5, 5.41) is 26.6. The normalized spacial score (nSPS) is 27.0. The number of aliphatic hydroxyl groups is 1. The molecule has 464 valence electrons. The number of aromatic nitrogens is 1. The van der Waals surface area contributed by atoms with Crippen molar-refractivity contribution in [2.24, 2.45) is 22.7 Å². The Hall–Kier alpha value is -5.38. The first-order valence-electron chi connectivity index (χ1n) is 30.6. The summed E-state index contributed by atoms with van der Waals surface area (Å²) in [7, 11) is 0. The van der Waals surface area contributed by atoms with Crippen molar-refractivity contribution in [1.82, 2.24) is 31.2 Å². The van der Waals surface area contributed by atoms with Crippen LogP contribution in [0.5, 0.6) is 0 Å². The third kappa shape index (κ3) is 12.4. The molecule has 5 amide bonds. The molecule has 5 aliphatic carbocycles. The summed E-state index contributed by atoms with van der Waals surface area (Å²) in [6.07, 6.45) is 7.01. The van der Waals surface area contributed by atoms with E-state index in [2.05, 4.69) is 36.5 Å². The maximum Gasteiger partial charge on any atom is 0.246 e. The van der Waals surface area contributed by atoms with Gasteiger partial charge in [0.1, 0.15) is 17.8 Å². The number of rotatable bonds is 23. The topological polar surface area (TPSA) is 227 Å². The summed E-state index contributed by atoms with van der Waals surface area (Å²) in [5.74, 6) is -4.73. The van der Waals surface area contributed by atoms with Crippen LogP contribution in [-0.2, 0) is 54.9 Å². The first-order chi connectivity index (χ1) is 41.2. The first kappa shape index (κ1) is 63.6. The van der Waals surface area contributed by atoms with E-state index >= 15 is 14.0 Å². The van der Waals surface area contributed by atoms with Crippen molar-refractivity contribution in [1.29, 1.82) is 0 Å². The second-order valence-electron chi connectivity index (χ2n) is 25.8. The Morgan fingerprint density at radius 3 is 2.19 bits per heavy atom. The fraction of sp³-hybridized carbons (Fsp3) is 0.585. The van der Waals surface area contributed by atoms with Crippen molar-refractivity contribution in [3.05, 3.63) is 104 Å². The Bertz CT molecular complexity index is 3150. The molecule has 3 aromatic carbocycles. The lowest BCUT2D eigenvalue weighted by atomic mass is 9.55. The maximum atomic E-state index is 16.7. The molecule has 6 fully saturated rings. The Morgan fingerprint density at radius 1 is 0.849 bits per heavy atom. The molecule has 86 heavy (non-hydrogen) atoms. The number of halogens is 3. The molecule has 6 N–H and O–H groups in total. The number of hydrogen-bond donors (Lipinski definition) is 6. The minimum atomic E-state index is -1.32. The lowest BCUT2D eigenvalue weighted by molar-refractivity contribution is -0.141. The van der Waals surface area contributed by atoms with Gasteiger partial charge in [0.15, 0.2) is 5.78 Å². The summed E-state index contributed by atoms with van der Waals surface area (Å²) in [5.41, 5.74) is 2.27. The zero-order chi connectivity index (χ0) is 61.2. The van der Waals surface area contributed by atoms with Gasteiger partial charge in [-0.25, -0.2) is 9.37 Å². The molecule has 0 radical (unpaired) electrons. The summed E-state index contributed by atoms with van der Waals surface area (Å²) < 4.78 is 33.7. The molecular formula is C65H82Cl2FN7O10S. The van der Waals surface area contributed by atoms with E-state index in [0.29, 0.717) is 75.2 Å². The molecule has 11 rings (SSSR count). The van der Waals surface area contributed by atoms with Gasteiger partial charge >= 0.3 is 0 Å². The number of nitrogens with zero attached hydrogens (tertiary/aromatic N) is 2. The number of thiazole rings is 1. The predicted molar refractivity (Wildman–Crippen MR) is 327 cm³/mol. The molecule has 5 saturated carbocycles. The van der Waals surface area contributed by atoms with Gasteiger partial charge in [0.2, 0.25) is 29.5 Å². The fourth-order valence-corrected chi connectivity index (χ4v) is 16.7. The number of carbonyl (C=O) groups is 6. The fourth-order valence-electron chi connectivity index (χ4n) is 15.5.